The number of alkyl halides is 1. The summed E-state index contributed by atoms with van der Waals surface area (Å²) in [6.45, 7) is 4.20. The van der Waals surface area contributed by atoms with Gasteiger partial charge in [-0.3, -0.25) is 0 Å². The molecule has 0 fully saturated rings. The smallest absolute Gasteiger partial charge is 0.231 e. The van der Waals surface area contributed by atoms with Gasteiger partial charge in [-0.2, -0.15) is 0 Å². The van der Waals surface area contributed by atoms with Gasteiger partial charge in [-0.25, -0.2) is 0 Å². The van der Waals surface area contributed by atoms with Crippen molar-refractivity contribution in [3.05, 3.63) is 46.5 Å². The fourth-order valence-corrected chi connectivity index (χ4v) is 5.19. The number of halogens is 1. The van der Waals surface area contributed by atoms with Crippen molar-refractivity contribution in [3.63, 3.8) is 0 Å². The molecule has 32 heavy (non-hydrogen) atoms. The van der Waals surface area contributed by atoms with E-state index in [0.717, 1.165) is 67.5 Å². The second kappa shape index (κ2) is 9.14. The number of rotatable bonds is 8. The summed E-state index contributed by atoms with van der Waals surface area (Å²) in [5, 5.41) is 0. The molecule has 3 aliphatic rings. The lowest BCUT2D eigenvalue weighted by atomic mass is 9.86. The lowest BCUT2D eigenvalue weighted by Gasteiger charge is -2.42. The quantitative estimate of drug-likeness (QED) is 0.359. The molecule has 0 radical (unpaired) electrons. The molecule has 0 spiro atoms. The molecule has 0 N–H and O–H groups in total. The van der Waals surface area contributed by atoms with Crippen molar-refractivity contribution in [1.82, 2.24) is 4.90 Å². The molecule has 0 bridgehead atoms. The average molecular weight is 456 g/mol. The van der Waals surface area contributed by atoms with E-state index in [1.54, 1.807) is 7.11 Å². The summed E-state index contributed by atoms with van der Waals surface area (Å²) in [5.41, 5.74) is 6.18. The molecule has 170 valence electrons. The summed E-state index contributed by atoms with van der Waals surface area (Å²) in [6, 6.07) is 8.62. The summed E-state index contributed by atoms with van der Waals surface area (Å²) in [4.78, 5) is 2.47. The lowest BCUT2D eigenvalue weighted by Crippen LogP contribution is -2.34. The Hall–Kier alpha value is -2.53. The Labute approximate surface area is 194 Å². The summed E-state index contributed by atoms with van der Waals surface area (Å²) < 4.78 is 23.3. The van der Waals surface area contributed by atoms with Crippen molar-refractivity contribution in [2.24, 2.45) is 0 Å². The maximum atomic E-state index is 6.34. The molecular weight excluding hydrogens is 426 g/mol. The molecule has 1 unspecified atom stereocenters. The molecule has 3 heterocycles. The summed E-state index contributed by atoms with van der Waals surface area (Å²) in [7, 11) is 1.71. The Morgan fingerprint density at radius 2 is 1.91 bits per heavy atom. The molecule has 5 rings (SSSR count). The minimum absolute atomic E-state index is 0.185. The van der Waals surface area contributed by atoms with Crippen molar-refractivity contribution in [2.75, 3.05) is 32.9 Å². The van der Waals surface area contributed by atoms with E-state index in [4.69, 9.17) is 30.5 Å². The largest absolute Gasteiger partial charge is 0.493 e. The van der Waals surface area contributed by atoms with Crippen LogP contribution in [-0.2, 0) is 6.42 Å². The van der Waals surface area contributed by atoms with Crippen molar-refractivity contribution in [1.29, 1.82) is 0 Å². The van der Waals surface area contributed by atoms with Gasteiger partial charge in [0.25, 0.3) is 0 Å². The number of nitrogens with zero attached hydrogens (tertiary/aromatic N) is 1. The molecule has 0 amide bonds. The first-order chi connectivity index (χ1) is 15.7. The summed E-state index contributed by atoms with van der Waals surface area (Å²) >= 11 is 5.79. The SMILES string of the molecule is COc1ccc2c(c1OCCCCCCCl)C(C)N1CCc3cc4c(cc3C1=C2)OCO4. The van der Waals surface area contributed by atoms with Gasteiger partial charge < -0.3 is 23.8 Å². The third-order valence-corrected chi connectivity index (χ3v) is 6.94. The van der Waals surface area contributed by atoms with Crippen LogP contribution in [0.5, 0.6) is 23.0 Å². The molecular formula is C26H30ClNO4. The Morgan fingerprint density at radius 1 is 1.09 bits per heavy atom. The summed E-state index contributed by atoms with van der Waals surface area (Å²) in [6.07, 6.45) is 7.61. The maximum absolute atomic E-state index is 6.34. The number of fused-ring (bicyclic) bond motifs is 5. The van der Waals surface area contributed by atoms with Crippen LogP contribution in [0, 0.1) is 0 Å². The van der Waals surface area contributed by atoms with E-state index < -0.39 is 0 Å². The minimum Gasteiger partial charge on any atom is -0.493 e. The number of hydrogen-bond donors (Lipinski definition) is 0. The normalized spacial score (nSPS) is 17.9. The molecule has 0 aliphatic carbocycles. The van der Waals surface area contributed by atoms with Gasteiger partial charge in [-0.1, -0.05) is 18.9 Å². The van der Waals surface area contributed by atoms with Crippen LogP contribution in [0.1, 0.15) is 60.9 Å². The van der Waals surface area contributed by atoms with Crippen molar-refractivity contribution in [2.45, 2.75) is 45.1 Å². The molecule has 0 saturated heterocycles. The van der Waals surface area contributed by atoms with Crippen molar-refractivity contribution >= 4 is 23.4 Å². The number of unbranched alkanes of at least 4 members (excludes halogenated alkanes) is 3. The zero-order valence-electron chi connectivity index (χ0n) is 18.8. The van der Waals surface area contributed by atoms with Crippen LogP contribution in [0.3, 0.4) is 0 Å². The topological polar surface area (TPSA) is 40.2 Å². The zero-order chi connectivity index (χ0) is 22.1. The molecule has 5 nitrogen and oxygen atoms in total. The van der Waals surface area contributed by atoms with Crippen molar-refractivity contribution < 1.29 is 18.9 Å². The van der Waals surface area contributed by atoms with E-state index >= 15 is 0 Å². The van der Waals surface area contributed by atoms with E-state index in [2.05, 4.69) is 36.1 Å². The van der Waals surface area contributed by atoms with Crippen LogP contribution in [0.2, 0.25) is 0 Å². The fraction of sp³-hybridized carbons (Fsp3) is 0.462. The van der Waals surface area contributed by atoms with Crippen LogP contribution in [0.4, 0.5) is 0 Å². The molecule has 2 aromatic rings. The van der Waals surface area contributed by atoms with Crippen LogP contribution >= 0.6 is 11.6 Å². The summed E-state index contributed by atoms with van der Waals surface area (Å²) in [5.74, 6) is 4.09. The standard InChI is InChI=1S/C26H30ClNO4/c1-17-25-19(7-8-22(29-2)26(25)30-12-6-4-3-5-10-27)13-21-20-15-24-23(31-16-32-24)14-18(20)9-11-28(17)21/h7-8,13-15,17H,3-6,9-12,16H2,1-2H3. The molecule has 3 aliphatic heterocycles. The van der Waals surface area contributed by atoms with Gasteiger partial charge in [0.1, 0.15) is 0 Å². The van der Waals surface area contributed by atoms with Crippen LogP contribution < -0.4 is 18.9 Å². The van der Waals surface area contributed by atoms with Gasteiger partial charge >= 0.3 is 0 Å². The Bertz CT molecular complexity index is 1030. The Balaban J connectivity index is 1.47. The van der Waals surface area contributed by atoms with Crippen molar-refractivity contribution in [3.8, 4) is 23.0 Å². The number of benzene rings is 2. The number of hydrogen-bond acceptors (Lipinski definition) is 5. The first-order valence-electron chi connectivity index (χ1n) is 11.5. The molecule has 2 aromatic carbocycles. The number of ether oxygens (including phenoxy) is 4. The predicted octanol–water partition coefficient (Wildman–Crippen LogP) is 6.03. The van der Waals surface area contributed by atoms with Gasteiger partial charge in [-0.05, 0) is 61.6 Å². The second-order valence-electron chi connectivity index (χ2n) is 8.56. The van der Waals surface area contributed by atoms with Gasteiger partial charge in [-0.15, -0.1) is 11.6 Å². The molecule has 1 atom stereocenters. The highest BCUT2D eigenvalue weighted by Crippen LogP contribution is 2.49. The highest BCUT2D eigenvalue weighted by molar-refractivity contribution is 6.17. The van der Waals surface area contributed by atoms with E-state index in [9.17, 15) is 0 Å². The Kier molecular flexibility index (Phi) is 6.09. The highest BCUT2D eigenvalue weighted by atomic mass is 35.5. The maximum Gasteiger partial charge on any atom is 0.231 e. The highest BCUT2D eigenvalue weighted by Gasteiger charge is 2.34. The molecule has 0 aromatic heterocycles. The van der Waals surface area contributed by atoms with Crippen LogP contribution in [0.15, 0.2) is 24.3 Å². The molecule has 6 heteroatoms. The monoisotopic (exact) mass is 455 g/mol. The zero-order valence-corrected chi connectivity index (χ0v) is 19.5. The first kappa shape index (κ1) is 21.3. The lowest BCUT2D eigenvalue weighted by molar-refractivity contribution is 0.174. The van der Waals surface area contributed by atoms with E-state index in [1.807, 2.05) is 6.07 Å². The third-order valence-electron chi connectivity index (χ3n) is 6.67. The van der Waals surface area contributed by atoms with E-state index in [0.29, 0.717) is 13.4 Å². The average Bonchev–Trinajstić information content (AvgIpc) is 3.27. The first-order valence-corrected chi connectivity index (χ1v) is 12.1. The van der Waals surface area contributed by atoms with Gasteiger partial charge in [0.2, 0.25) is 6.79 Å². The van der Waals surface area contributed by atoms with E-state index in [-0.39, 0.29) is 6.04 Å². The van der Waals surface area contributed by atoms with E-state index in [1.165, 1.54) is 28.0 Å². The fourth-order valence-electron chi connectivity index (χ4n) is 5.00. The van der Waals surface area contributed by atoms with Gasteiger partial charge in [0.15, 0.2) is 23.0 Å². The predicted molar refractivity (Wildman–Crippen MR) is 127 cm³/mol. The van der Waals surface area contributed by atoms with Crippen LogP contribution in [0.25, 0.3) is 11.8 Å². The van der Waals surface area contributed by atoms with Gasteiger partial charge in [0.05, 0.1) is 19.8 Å². The number of methoxy groups -OCH3 is 1. The molecule has 0 saturated carbocycles. The second-order valence-corrected chi connectivity index (χ2v) is 8.94. The third kappa shape index (κ3) is 3.77. The minimum atomic E-state index is 0.185. The van der Waals surface area contributed by atoms with Crippen LogP contribution in [-0.4, -0.2) is 37.8 Å². The Morgan fingerprint density at radius 3 is 2.72 bits per heavy atom. The van der Waals surface area contributed by atoms with Gasteiger partial charge in [0, 0.05) is 29.2 Å².